The number of ketones is 1. The molecule has 3 aliphatic rings. The Hall–Kier alpha value is -0.330. The van der Waals surface area contributed by atoms with E-state index in [1.54, 1.807) is 0 Å². The van der Waals surface area contributed by atoms with Crippen LogP contribution in [0.3, 0.4) is 0 Å². The third-order valence-electron chi connectivity index (χ3n) is 4.84. The van der Waals surface area contributed by atoms with Gasteiger partial charge in [-0.3, -0.25) is 4.79 Å². The van der Waals surface area contributed by atoms with Crippen molar-refractivity contribution in [3.63, 3.8) is 0 Å². The smallest absolute Gasteiger partial charge is 0.139 e. The fourth-order valence-corrected chi connectivity index (χ4v) is 4.27. The van der Waals surface area contributed by atoms with Gasteiger partial charge in [-0.25, -0.2) is 0 Å². The molecule has 0 heterocycles. The minimum Gasteiger partial charge on any atom is -0.299 e. The lowest BCUT2D eigenvalue weighted by Gasteiger charge is -2.41. The van der Waals surface area contributed by atoms with Crippen LogP contribution in [-0.2, 0) is 4.79 Å². The van der Waals surface area contributed by atoms with Crippen LogP contribution in [0, 0.1) is 23.2 Å². The van der Waals surface area contributed by atoms with Crippen LogP contribution >= 0.6 is 0 Å². The number of Topliss-reactive ketones (excluding diaryl/α,β-unsaturated/α-hetero) is 1. The van der Waals surface area contributed by atoms with Gasteiger partial charge >= 0.3 is 0 Å². The summed E-state index contributed by atoms with van der Waals surface area (Å²) in [5.74, 6) is 3.02. The summed E-state index contributed by atoms with van der Waals surface area (Å²) < 4.78 is 0. The molecule has 1 heteroatoms. The van der Waals surface area contributed by atoms with E-state index in [4.69, 9.17) is 0 Å². The van der Waals surface area contributed by atoms with Crippen LogP contribution in [0.5, 0.6) is 0 Å². The molecule has 0 N–H and O–H groups in total. The molecule has 1 spiro atoms. The topological polar surface area (TPSA) is 17.1 Å². The van der Waals surface area contributed by atoms with Gasteiger partial charge in [0.1, 0.15) is 5.78 Å². The second kappa shape index (κ2) is 1.94. The lowest BCUT2D eigenvalue weighted by atomic mass is 9.60. The van der Waals surface area contributed by atoms with Gasteiger partial charge in [-0.15, -0.1) is 0 Å². The molecule has 1 nitrogen and oxygen atoms in total. The Bertz CT molecular complexity index is 245. The van der Waals surface area contributed by atoms with Crippen molar-refractivity contribution < 1.29 is 4.79 Å². The monoisotopic (exact) mass is 164 g/mol. The summed E-state index contributed by atoms with van der Waals surface area (Å²) in [4.78, 5) is 11.7. The number of carbonyl (C=O) groups is 1. The molecule has 12 heavy (non-hydrogen) atoms. The second-order valence-electron chi connectivity index (χ2n) is 5.06. The zero-order valence-corrected chi connectivity index (χ0v) is 7.68. The third kappa shape index (κ3) is 0.541. The number of carbonyl (C=O) groups excluding carboxylic acids is 1. The van der Waals surface area contributed by atoms with Crippen LogP contribution in [0.15, 0.2) is 0 Å². The van der Waals surface area contributed by atoms with Crippen molar-refractivity contribution in [1.29, 1.82) is 0 Å². The first kappa shape index (κ1) is 7.11. The van der Waals surface area contributed by atoms with E-state index in [2.05, 4.69) is 6.92 Å². The van der Waals surface area contributed by atoms with E-state index in [0.29, 0.717) is 5.78 Å². The Labute approximate surface area is 73.5 Å². The van der Waals surface area contributed by atoms with Crippen molar-refractivity contribution in [1.82, 2.24) is 0 Å². The van der Waals surface area contributed by atoms with Crippen molar-refractivity contribution in [2.75, 3.05) is 0 Å². The third-order valence-corrected chi connectivity index (χ3v) is 4.84. The van der Waals surface area contributed by atoms with Gasteiger partial charge in [0.2, 0.25) is 0 Å². The lowest BCUT2D eigenvalue weighted by Crippen LogP contribution is -2.45. The summed E-state index contributed by atoms with van der Waals surface area (Å²) in [6, 6.07) is 0. The maximum Gasteiger partial charge on any atom is 0.139 e. The number of hydrogen-bond donors (Lipinski definition) is 0. The molecule has 0 aromatic carbocycles. The molecule has 0 saturated heterocycles. The van der Waals surface area contributed by atoms with Crippen molar-refractivity contribution in [2.24, 2.45) is 23.2 Å². The van der Waals surface area contributed by atoms with Crippen LogP contribution in [0.4, 0.5) is 0 Å². The zero-order chi connectivity index (χ0) is 8.34. The average molecular weight is 164 g/mol. The minimum absolute atomic E-state index is 0.236. The largest absolute Gasteiger partial charge is 0.299 e. The SMILES string of the molecule is C[C@H]1C[C@@H]2CC[C@@H]1C21CCC1=O. The summed E-state index contributed by atoms with van der Waals surface area (Å²) in [6.45, 7) is 2.34. The molecule has 1 unspecified atom stereocenters. The standard InChI is InChI=1S/C11H16O/c1-7-6-8-2-3-9(7)11(8)5-4-10(11)12/h7-9H,2-6H2,1H3/t7-,8-,9-,11?/m0/s1. The van der Waals surface area contributed by atoms with Gasteiger partial charge < -0.3 is 0 Å². The molecule has 0 aliphatic heterocycles. The molecular weight excluding hydrogens is 148 g/mol. The van der Waals surface area contributed by atoms with E-state index < -0.39 is 0 Å². The Morgan fingerprint density at radius 2 is 2.25 bits per heavy atom. The predicted octanol–water partition coefficient (Wildman–Crippen LogP) is 2.40. The minimum atomic E-state index is 0.236. The quantitative estimate of drug-likeness (QED) is 0.537. The van der Waals surface area contributed by atoms with Crippen molar-refractivity contribution in [2.45, 2.75) is 39.0 Å². The molecule has 0 aromatic rings. The van der Waals surface area contributed by atoms with Gasteiger partial charge in [-0.2, -0.15) is 0 Å². The summed E-state index contributed by atoms with van der Waals surface area (Å²) in [5, 5.41) is 0. The van der Waals surface area contributed by atoms with Crippen molar-refractivity contribution >= 4 is 5.78 Å². The maximum absolute atomic E-state index is 11.7. The Kier molecular flexibility index (Phi) is 1.15. The van der Waals surface area contributed by atoms with Gasteiger partial charge in [-0.1, -0.05) is 6.92 Å². The highest BCUT2D eigenvalue weighted by Gasteiger charge is 2.64. The summed E-state index contributed by atoms with van der Waals surface area (Å²) in [5.41, 5.74) is 0.236. The van der Waals surface area contributed by atoms with Crippen molar-refractivity contribution in [3.8, 4) is 0 Å². The van der Waals surface area contributed by atoms with Gasteiger partial charge in [0, 0.05) is 11.8 Å². The van der Waals surface area contributed by atoms with E-state index in [1.807, 2.05) is 0 Å². The molecule has 0 amide bonds. The summed E-state index contributed by atoms with van der Waals surface area (Å²) >= 11 is 0. The van der Waals surface area contributed by atoms with Crippen LogP contribution in [-0.4, -0.2) is 5.78 Å². The fraction of sp³-hybridized carbons (Fsp3) is 0.909. The average Bonchev–Trinajstić information content (AvgIpc) is 2.55. The summed E-state index contributed by atoms with van der Waals surface area (Å²) in [6.07, 6.45) is 6.15. The molecular formula is C11H16O. The fourth-order valence-electron chi connectivity index (χ4n) is 4.27. The second-order valence-corrected chi connectivity index (χ2v) is 5.06. The predicted molar refractivity (Wildman–Crippen MR) is 46.7 cm³/mol. The normalized spacial score (nSPS) is 56.4. The van der Waals surface area contributed by atoms with E-state index in [1.165, 1.54) is 25.7 Å². The van der Waals surface area contributed by atoms with Gasteiger partial charge in [0.25, 0.3) is 0 Å². The molecule has 3 fully saturated rings. The molecule has 3 aliphatic carbocycles. The number of hydrogen-bond acceptors (Lipinski definition) is 1. The molecule has 3 saturated carbocycles. The maximum atomic E-state index is 11.7. The van der Waals surface area contributed by atoms with Crippen LogP contribution in [0.1, 0.15) is 39.0 Å². The Morgan fingerprint density at radius 3 is 2.50 bits per heavy atom. The molecule has 66 valence electrons. The zero-order valence-electron chi connectivity index (χ0n) is 7.68. The van der Waals surface area contributed by atoms with Crippen LogP contribution in [0.25, 0.3) is 0 Å². The first-order valence-electron chi connectivity index (χ1n) is 5.28. The Balaban J connectivity index is 2.02. The first-order chi connectivity index (χ1) is 5.75. The molecule has 3 rings (SSSR count). The van der Waals surface area contributed by atoms with E-state index in [0.717, 1.165) is 24.2 Å². The number of rotatable bonds is 0. The van der Waals surface area contributed by atoms with Gasteiger partial charge in [0.05, 0.1) is 0 Å². The van der Waals surface area contributed by atoms with E-state index in [-0.39, 0.29) is 5.41 Å². The highest BCUT2D eigenvalue weighted by atomic mass is 16.1. The van der Waals surface area contributed by atoms with Gasteiger partial charge in [-0.05, 0) is 43.4 Å². The molecule has 0 radical (unpaired) electrons. The lowest BCUT2D eigenvalue weighted by molar-refractivity contribution is -0.142. The first-order valence-corrected chi connectivity index (χ1v) is 5.28. The highest BCUT2D eigenvalue weighted by molar-refractivity contribution is 5.91. The molecule has 2 bridgehead atoms. The van der Waals surface area contributed by atoms with Crippen LogP contribution in [0.2, 0.25) is 0 Å². The van der Waals surface area contributed by atoms with E-state index in [9.17, 15) is 4.79 Å². The van der Waals surface area contributed by atoms with Crippen molar-refractivity contribution in [3.05, 3.63) is 0 Å². The Morgan fingerprint density at radius 1 is 1.42 bits per heavy atom. The van der Waals surface area contributed by atoms with Gasteiger partial charge in [0.15, 0.2) is 0 Å². The van der Waals surface area contributed by atoms with Crippen LogP contribution < -0.4 is 0 Å². The molecule has 0 aromatic heterocycles. The van der Waals surface area contributed by atoms with E-state index >= 15 is 0 Å². The highest BCUT2D eigenvalue weighted by Crippen LogP contribution is 2.67. The molecule has 4 atom stereocenters. The summed E-state index contributed by atoms with van der Waals surface area (Å²) in [7, 11) is 0.